The minimum Gasteiger partial charge on any atom is -0.322 e. The van der Waals surface area contributed by atoms with Crippen LogP contribution < -0.4 is 5.32 Å². The number of hydrogen-bond acceptors (Lipinski definition) is 2. The van der Waals surface area contributed by atoms with Crippen molar-refractivity contribution in [2.75, 3.05) is 5.32 Å². The summed E-state index contributed by atoms with van der Waals surface area (Å²) in [6.45, 7) is 0. The third kappa shape index (κ3) is 2.18. The molecule has 2 N–H and O–H groups in total. The molecule has 1 amide bonds. The first kappa shape index (κ1) is 11.4. The molecule has 0 radical (unpaired) electrons. The van der Waals surface area contributed by atoms with Crippen molar-refractivity contribution in [2.45, 2.75) is 0 Å². The highest BCUT2D eigenvalue weighted by Crippen LogP contribution is 2.18. The average molecular weight is 255 g/mol. The molecule has 0 saturated carbocycles. The quantitative estimate of drug-likeness (QED) is 0.739. The predicted octanol–water partition coefficient (Wildman–Crippen LogP) is 2.95. The van der Waals surface area contributed by atoms with E-state index < -0.39 is 0 Å². The monoisotopic (exact) mass is 255 g/mol. The number of H-pyrrole nitrogens is 1. The second-order valence-corrected chi connectivity index (χ2v) is 4.10. The molecule has 0 unspecified atom stereocenters. The molecule has 0 fully saturated rings. The number of rotatable bonds is 2. The minimum atomic E-state index is -0.338. The van der Waals surface area contributed by atoms with Crippen LogP contribution in [0.2, 0.25) is 0 Å². The van der Waals surface area contributed by atoms with Crippen molar-refractivity contribution < 1.29 is 9.18 Å². The van der Waals surface area contributed by atoms with Crippen LogP contribution in [0.4, 0.5) is 10.1 Å². The molecule has 0 aliphatic carbocycles. The molecule has 0 atom stereocenters. The van der Waals surface area contributed by atoms with Gasteiger partial charge in [0, 0.05) is 11.1 Å². The van der Waals surface area contributed by atoms with Gasteiger partial charge in [0.1, 0.15) is 5.82 Å². The van der Waals surface area contributed by atoms with E-state index in [0.717, 1.165) is 10.9 Å². The fraction of sp³-hybridized carbons (Fsp3) is 0. The Balaban J connectivity index is 1.92. The zero-order chi connectivity index (χ0) is 13.2. The van der Waals surface area contributed by atoms with Crippen molar-refractivity contribution in [3.8, 4) is 0 Å². The van der Waals surface area contributed by atoms with Gasteiger partial charge in [0.2, 0.25) is 0 Å². The number of amides is 1. The van der Waals surface area contributed by atoms with Crippen molar-refractivity contribution >= 4 is 22.5 Å². The van der Waals surface area contributed by atoms with Crippen molar-refractivity contribution in [3.05, 3.63) is 60.0 Å². The molecule has 0 aliphatic rings. The number of nitrogens with one attached hydrogen (secondary N) is 2. The van der Waals surface area contributed by atoms with Crippen molar-refractivity contribution in [1.29, 1.82) is 0 Å². The van der Waals surface area contributed by atoms with Crippen LogP contribution in [0.15, 0.2) is 48.7 Å². The lowest BCUT2D eigenvalue weighted by Crippen LogP contribution is -2.12. The highest BCUT2D eigenvalue weighted by atomic mass is 19.1. The predicted molar refractivity (Wildman–Crippen MR) is 70.4 cm³/mol. The van der Waals surface area contributed by atoms with Crippen LogP contribution in [0.1, 0.15) is 10.4 Å². The molecule has 0 bridgehead atoms. The molecule has 4 nitrogen and oxygen atoms in total. The first-order valence-electron chi connectivity index (χ1n) is 5.73. The molecule has 94 valence electrons. The van der Waals surface area contributed by atoms with Crippen LogP contribution in [0, 0.1) is 5.82 Å². The molecule has 2 aromatic carbocycles. The Hall–Kier alpha value is -2.69. The van der Waals surface area contributed by atoms with E-state index in [-0.39, 0.29) is 11.7 Å². The number of nitrogens with zero attached hydrogens (tertiary/aromatic N) is 1. The minimum absolute atomic E-state index is 0.251. The Labute approximate surface area is 108 Å². The zero-order valence-corrected chi connectivity index (χ0v) is 9.85. The average Bonchev–Trinajstić information content (AvgIpc) is 2.89. The van der Waals surface area contributed by atoms with Gasteiger partial charge in [-0.25, -0.2) is 4.39 Å². The SMILES string of the molecule is O=C(Nc1ccc(F)cc1)c1cccc2[nH]ncc12. The van der Waals surface area contributed by atoms with Crippen molar-refractivity contribution in [2.24, 2.45) is 0 Å². The molecule has 19 heavy (non-hydrogen) atoms. The van der Waals surface area contributed by atoms with Crippen molar-refractivity contribution in [1.82, 2.24) is 10.2 Å². The van der Waals surface area contributed by atoms with Crippen molar-refractivity contribution in [3.63, 3.8) is 0 Å². The summed E-state index contributed by atoms with van der Waals surface area (Å²) in [6, 6.07) is 11.0. The summed E-state index contributed by atoms with van der Waals surface area (Å²) in [4.78, 5) is 12.2. The molecule has 0 saturated heterocycles. The van der Waals surface area contributed by atoms with Crippen LogP contribution >= 0.6 is 0 Å². The molecular formula is C14H10FN3O. The Morgan fingerprint density at radius 2 is 1.95 bits per heavy atom. The lowest BCUT2D eigenvalue weighted by molar-refractivity contribution is 0.102. The lowest BCUT2D eigenvalue weighted by atomic mass is 10.1. The Bertz CT molecular complexity index is 734. The molecule has 0 spiro atoms. The number of halogens is 1. The number of hydrogen-bond donors (Lipinski definition) is 2. The largest absolute Gasteiger partial charge is 0.322 e. The number of carbonyl (C=O) groups excluding carboxylic acids is 1. The molecule has 0 aliphatic heterocycles. The summed E-state index contributed by atoms with van der Waals surface area (Å²) in [6.07, 6.45) is 1.61. The first-order chi connectivity index (χ1) is 9.24. The van der Waals surface area contributed by atoms with Gasteiger partial charge in [-0.3, -0.25) is 9.89 Å². The Kier molecular flexibility index (Phi) is 2.72. The fourth-order valence-corrected chi connectivity index (χ4v) is 1.90. The van der Waals surface area contributed by atoms with Gasteiger partial charge in [-0.15, -0.1) is 0 Å². The maximum absolute atomic E-state index is 12.8. The number of carbonyl (C=O) groups is 1. The van der Waals surface area contributed by atoms with E-state index in [1.807, 2.05) is 6.07 Å². The van der Waals surface area contributed by atoms with Gasteiger partial charge in [-0.2, -0.15) is 5.10 Å². The van der Waals surface area contributed by atoms with Gasteiger partial charge in [-0.1, -0.05) is 6.07 Å². The van der Waals surface area contributed by atoms with Crippen LogP contribution in [-0.4, -0.2) is 16.1 Å². The summed E-state index contributed by atoms with van der Waals surface area (Å²) in [7, 11) is 0. The van der Waals surface area contributed by atoms with Crippen LogP contribution in [0.3, 0.4) is 0 Å². The number of aromatic amines is 1. The first-order valence-corrected chi connectivity index (χ1v) is 5.73. The van der Waals surface area contributed by atoms with E-state index >= 15 is 0 Å². The summed E-state index contributed by atoms with van der Waals surface area (Å²) >= 11 is 0. The zero-order valence-electron chi connectivity index (χ0n) is 9.85. The summed E-state index contributed by atoms with van der Waals surface area (Å²) in [5.41, 5.74) is 1.87. The van der Waals surface area contributed by atoms with E-state index in [0.29, 0.717) is 11.3 Å². The van der Waals surface area contributed by atoms with E-state index in [2.05, 4.69) is 15.5 Å². The Morgan fingerprint density at radius 3 is 2.74 bits per heavy atom. The Morgan fingerprint density at radius 1 is 1.16 bits per heavy atom. The fourth-order valence-electron chi connectivity index (χ4n) is 1.90. The van der Waals surface area contributed by atoms with Crippen LogP contribution in [0.25, 0.3) is 10.9 Å². The standard InChI is InChI=1S/C14H10FN3O/c15-9-4-6-10(7-5-9)17-14(19)11-2-1-3-13-12(11)8-16-18-13/h1-8H,(H,16,18)(H,17,19). The van der Waals surface area contributed by atoms with E-state index in [4.69, 9.17) is 0 Å². The van der Waals surface area contributed by atoms with Gasteiger partial charge < -0.3 is 5.32 Å². The molecule has 5 heteroatoms. The third-order valence-corrected chi connectivity index (χ3v) is 2.83. The molecule has 3 aromatic rings. The second kappa shape index (κ2) is 4.53. The van der Waals surface area contributed by atoms with Gasteiger partial charge in [0.25, 0.3) is 5.91 Å². The lowest BCUT2D eigenvalue weighted by Gasteiger charge is -2.05. The number of fused-ring (bicyclic) bond motifs is 1. The summed E-state index contributed by atoms with van der Waals surface area (Å²) in [5, 5.41) is 10.2. The van der Waals surface area contributed by atoms with Gasteiger partial charge >= 0.3 is 0 Å². The van der Waals surface area contributed by atoms with Gasteiger partial charge in [-0.05, 0) is 36.4 Å². The number of benzene rings is 2. The van der Waals surface area contributed by atoms with E-state index in [1.165, 1.54) is 24.3 Å². The molecule has 1 aromatic heterocycles. The van der Waals surface area contributed by atoms with E-state index in [9.17, 15) is 9.18 Å². The second-order valence-electron chi connectivity index (χ2n) is 4.10. The van der Waals surface area contributed by atoms with E-state index in [1.54, 1.807) is 18.3 Å². The normalized spacial score (nSPS) is 10.6. The highest BCUT2D eigenvalue weighted by molar-refractivity contribution is 6.12. The molecule has 1 heterocycles. The number of aromatic nitrogens is 2. The molecule has 3 rings (SSSR count). The molecular weight excluding hydrogens is 245 g/mol. The number of anilines is 1. The third-order valence-electron chi connectivity index (χ3n) is 2.83. The van der Waals surface area contributed by atoms with Gasteiger partial charge in [0.15, 0.2) is 0 Å². The van der Waals surface area contributed by atoms with Gasteiger partial charge in [0.05, 0.1) is 17.3 Å². The smallest absolute Gasteiger partial charge is 0.256 e. The van der Waals surface area contributed by atoms with Crippen LogP contribution in [-0.2, 0) is 0 Å². The van der Waals surface area contributed by atoms with Crippen LogP contribution in [0.5, 0.6) is 0 Å². The summed E-state index contributed by atoms with van der Waals surface area (Å²) < 4.78 is 12.8. The maximum Gasteiger partial charge on any atom is 0.256 e. The summed E-state index contributed by atoms with van der Waals surface area (Å²) in [5.74, 6) is -0.589. The maximum atomic E-state index is 12.8. The highest BCUT2D eigenvalue weighted by Gasteiger charge is 2.11. The topological polar surface area (TPSA) is 57.8 Å².